The Morgan fingerprint density at radius 2 is 1.45 bits per heavy atom. The van der Waals surface area contributed by atoms with Crippen molar-refractivity contribution in [1.29, 1.82) is 0 Å². The average Bonchev–Trinajstić information content (AvgIpc) is 3.10. The number of rotatable bonds is 9. The molecule has 4 rings (SSSR count). The highest BCUT2D eigenvalue weighted by molar-refractivity contribution is 5.16. The lowest BCUT2D eigenvalue weighted by Gasteiger charge is -2.66. The molecule has 4 aliphatic rings. The Balaban J connectivity index is 1.65. The summed E-state index contributed by atoms with van der Waals surface area (Å²) in [6.45, 7) is 9.46. The summed E-state index contributed by atoms with van der Waals surface area (Å²) in [6.07, 6.45) is 18.2. The monoisotopic (exact) mass is 462 g/mol. The molecule has 0 spiro atoms. The fraction of sp³-hybridized carbons (Fsp3) is 1.00. The van der Waals surface area contributed by atoms with Crippen molar-refractivity contribution in [3.63, 3.8) is 0 Å². The highest BCUT2D eigenvalue weighted by atomic mass is 16.5. The van der Waals surface area contributed by atoms with Gasteiger partial charge in [0.2, 0.25) is 0 Å². The molecule has 0 aromatic rings. The summed E-state index contributed by atoms with van der Waals surface area (Å²) in [4.78, 5) is 0. The van der Waals surface area contributed by atoms with Gasteiger partial charge in [-0.05, 0) is 98.7 Å². The van der Waals surface area contributed by atoms with Crippen LogP contribution in [0.4, 0.5) is 0 Å². The van der Waals surface area contributed by atoms with Gasteiger partial charge in [0, 0.05) is 7.11 Å². The van der Waals surface area contributed by atoms with Crippen molar-refractivity contribution >= 4 is 0 Å². The number of aliphatic hydroxyl groups is 2. The van der Waals surface area contributed by atoms with Crippen LogP contribution in [-0.4, -0.2) is 34.6 Å². The third kappa shape index (κ3) is 4.35. The predicted octanol–water partition coefficient (Wildman–Crippen LogP) is 7.28. The highest BCUT2D eigenvalue weighted by Crippen LogP contribution is 2.69. The molecule has 0 amide bonds. The van der Waals surface area contributed by atoms with E-state index in [-0.39, 0.29) is 22.5 Å². The number of fused-ring (bicyclic) bond motifs is 5. The molecule has 4 fully saturated rings. The van der Waals surface area contributed by atoms with Gasteiger partial charge in [-0.15, -0.1) is 0 Å². The first-order chi connectivity index (χ1) is 15.7. The second-order valence-electron chi connectivity index (χ2n) is 13.4. The minimum atomic E-state index is -0.578. The van der Waals surface area contributed by atoms with Crippen LogP contribution in [0.1, 0.15) is 130 Å². The normalized spacial score (nSPS) is 49.4. The second-order valence-corrected chi connectivity index (χ2v) is 13.4. The Kier molecular flexibility index (Phi) is 7.66. The van der Waals surface area contributed by atoms with Gasteiger partial charge in [-0.1, -0.05) is 66.2 Å². The molecular formula is C30H54O3. The van der Waals surface area contributed by atoms with E-state index in [2.05, 4.69) is 27.7 Å². The summed E-state index contributed by atoms with van der Waals surface area (Å²) in [6, 6.07) is 0. The van der Waals surface area contributed by atoms with Crippen LogP contribution in [-0.2, 0) is 4.74 Å². The predicted molar refractivity (Wildman–Crippen MR) is 136 cm³/mol. The summed E-state index contributed by atoms with van der Waals surface area (Å²) in [7, 11) is 1.93. The minimum absolute atomic E-state index is 0.0440. The Bertz CT molecular complexity index is 665. The first-order valence-electron chi connectivity index (χ1n) is 14.6. The summed E-state index contributed by atoms with van der Waals surface area (Å²) in [5.74, 6) is 2.20. The van der Waals surface area contributed by atoms with Crippen molar-refractivity contribution in [1.82, 2.24) is 0 Å². The van der Waals surface area contributed by atoms with Crippen molar-refractivity contribution in [3.05, 3.63) is 0 Å². The summed E-state index contributed by atoms with van der Waals surface area (Å²) < 4.78 is 6.33. The number of methoxy groups -OCH3 is 1. The van der Waals surface area contributed by atoms with E-state index in [0.29, 0.717) is 23.7 Å². The number of unbranched alkanes of at least 4 members (excludes halogenated alkanes) is 4. The molecule has 0 saturated heterocycles. The number of aliphatic hydroxyl groups excluding tert-OH is 1. The van der Waals surface area contributed by atoms with Crippen LogP contribution in [0, 0.1) is 34.5 Å². The van der Waals surface area contributed by atoms with Crippen LogP contribution in [0.15, 0.2) is 0 Å². The Hall–Kier alpha value is -0.120. The van der Waals surface area contributed by atoms with E-state index in [1.165, 1.54) is 51.4 Å². The van der Waals surface area contributed by atoms with Crippen LogP contribution >= 0.6 is 0 Å². The van der Waals surface area contributed by atoms with Gasteiger partial charge in [0.05, 0.1) is 17.3 Å². The molecule has 0 aliphatic heterocycles. The molecule has 9 atom stereocenters. The van der Waals surface area contributed by atoms with E-state index in [0.717, 1.165) is 51.4 Å². The summed E-state index contributed by atoms with van der Waals surface area (Å²) >= 11 is 0. The summed E-state index contributed by atoms with van der Waals surface area (Å²) in [5, 5.41) is 23.4. The van der Waals surface area contributed by atoms with Crippen LogP contribution in [0.3, 0.4) is 0 Å². The number of hydrogen-bond donors (Lipinski definition) is 2. The SMILES string of the molecule is CCCCCC1(OC)CCC2(C)C3CCC4(C)C(O)CCC4C3CC(O)(CCCCC)C2C1. The van der Waals surface area contributed by atoms with E-state index < -0.39 is 5.60 Å². The molecule has 0 radical (unpaired) electrons. The van der Waals surface area contributed by atoms with E-state index in [1.807, 2.05) is 7.11 Å². The van der Waals surface area contributed by atoms with Crippen molar-refractivity contribution in [2.24, 2.45) is 34.5 Å². The van der Waals surface area contributed by atoms with Crippen molar-refractivity contribution in [2.45, 2.75) is 148 Å². The fourth-order valence-corrected chi connectivity index (χ4v) is 9.71. The molecule has 3 nitrogen and oxygen atoms in total. The third-order valence-corrected chi connectivity index (χ3v) is 11.8. The van der Waals surface area contributed by atoms with Gasteiger partial charge in [-0.25, -0.2) is 0 Å². The Morgan fingerprint density at radius 1 is 0.788 bits per heavy atom. The molecule has 9 unspecified atom stereocenters. The van der Waals surface area contributed by atoms with Crippen LogP contribution in [0.2, 0.25) is 0 Å². The van der Waals surface area contributed by atoms with Crippen molar-refractivity contribution in [2.75, 3.05) is 7.11 Å². The second kappa shape index (κ2) is 9.74. The lowest BCUT2D eigenvalue weighted by Crippen LogP contribution is -2.65. The fourth-order valence-electron chi connectivity index (χ4n) is 9.71. The van der Waals surface area contributed by atoms with Gasteiger partial charge in [0.1, 0.15) is 0 Å². The average molecular weight is 463 g/mol. The topological polar surface area (TPSA) is 49.7 Å². The zero-order valence-electron chi connectivity index (χ0n) is 22.5. The third-order valence-electron chi connectivity index (χ3n) is 11.8. The van der Waals surface area contributed by atoms with Gasteiger partial charge in [0.15, 0.2) is 0 Å². The van der Waals surface area contributed by atoms with Crippen LogP contribution < -0.4 is 0 Å². The molecule has 3 heteroatoms. The molecule has 4 aliphatic carbocycles. The molecular weight excluding hydrogens is 408 g/mol. The van der Waals surface area contributed by atoms with Crippen LogP contribution in [0.5, 0.6) is 0 Å². The van der Waals surface area contributed by atoms with Crippen LogP contribution in [0.25, 0.3) is 0 Å². The molecule has 0 aromatic carbocycles. The standard InChI is InChI=1S/C30H54O3/c1-6-8-10-15-29(33-5)19-18-27(3)24-14-17-28(4)23(12-13-26(28)31)22(24)20-30(32,25(27)21-29)16-11-9-7-2/h22-26,31-32H,6-21H2,1-5H3. The Labute approximate surface area is 204 Å². The minimum Gasteiger partial charge on any atom is -0.393 e. The van der Waals surface area contributed by atoms with E-state index in [4.69, 9.17) is 4.74 Å². The maximum absolute atomic E-state index is 12.5. The molecule has 33 heavy (non-hydrogen) atoms. The maximum atomic E-state index is 12.5. The zero-order chi connectivity index (χ0) is 23.9. The molecule has 192 valence electrons. The van der Waals surface area contributed by atoms with Gasteiger partial charge in [-0.3, -0.25) is 0 Å². The first-order valence-corrected chi connectivity index (χ1v) is 14.6. The van der Waals surface area contributed by atoms with Crippen molar-refractivity contribution < 1.29 is 14.9 Å². The van der Waals surface area contributed by atoms with E-state index in [9.17, 15) is 10.2 Å². The molecule has 2 N–H and O–H groups in total. The maximum Gasteiger partial charge on any atom is 0.0685 e. The molecule has 0 aromatic heterocycles. The summed E-state index contributed by atoms with van der Waals surface area (Å²) in [5.41, 5.74) is -0.352. The number of hydrogen-bond acceptors (Lipinski definition) is 3. The van der Waals surface area contributed by atoms with Gasteiger partial charge in [0.25, 0.3) is 0 Å². The molecule has 4 saturated carbocycles. The smallest absolute Gasteiger partial charge is 0.0685 e. The number of ether oxygens (including phenoxy) is 1. The highest BCUT2D eigenvalue weighted by Gasteiger charge is 2.66. The van der Waals surface area contributed by atoms with E-state index in [1.54, 1.807) is 0 Å². The van der Waals surface area contributed by atoms with Gasteiger partial charge >= 0.3 is 0 Å². The lowest BCUT2D eigenvalue weighted by atomic mass is 9.40. The quantitative estimate of drug-likeness (QED) is 0.354. The molecule has 0 bridgehead atoms. The lowest BCUT2D eigenvalue weighted by molar-refractivity contribution is -0.238. The van der Waals surface area contributed by atoms with Gasteiger partial charge < -0.3 is 14.9 Å². The van der Waals surface area contributed by atoms with Crippen molar-refractivity contribution in [3.8, 4) is 0 Å². The first kappa shape index (κ1) is 26.0. The van der Waals surface area contributed by atoms with E-state index >= 15 is 0 Å². The zero-order valence-corrected chi connectivity index (χ0v) is 22.5. The molecule has 0 heterocycles. The van der Waals surface area contributed by atoms with Gasteiger partial charge in [-0.2, -0.15) is 0 Å². The largest absolute Gasteiger partial charge is 0.393 e. The Morgan fingerprint density at radius 3 is 2.12 bits per heavy atom.